The number of carbonyl (C=O) groups is 1. The Labute approximate surface area is 111 Å². The van der Waals surface area contributed by atoms with Gasteiger partial charge in [0.15, 0.2) is 0 Å². The minimum atomic E-state index is 0.0828. The van der Waals surface area contributed by atoms with Crippen LogP contribution in [-0.4, -0.2) is 18.6 Å². The Morgan fingerprint density at radius 3 is 2.59 bits per heavy atom. The van der Waals surface area contributed by atoms with Gasteiger partial charge in [0.25, 0.3) is 0 Å². The first-order valence-corrected chi connectivity index (χ1v) is 6.55. The molecule has 0 fully saturated rings. The summed E-state index contributed by atoms with van der Waals surface area (Å²) in [7, 11) is 0. The Bertz CT molecular complexity index is 349. The highest BCUT2D eigenvalue weighted by Crippen LogP contribution is 2.16. The van der Waals surface area contributed by atoms with Gasteiger partial charge in [0.05, 0.1) is 6.61 Å². The highest BCUT2D eigenvalue weighted by molar-refractivity contribution is 9.10. The van der Waals surface area contributed by atoms with Gasteiger partial charge >= 0.3 is 0 Å². The zero-order valence-electron chi connectivity index (χ0n) is 10.2. The molecule has 0 aliphatic rings. The molecule has 0 atom stereocenters. The fraction of sp³-hybridized carbons (Fsp3) is 0.462. The Balaban J connectivity index is 2.16. The van der Waals surface area contributed by atoms with E-state index >= 15 is 0 Å². The molecule has 1 aromatic carbocycles. The first-order chi connectivity index (χ1) is 8.08. The maximum Gasteiger partial charge on any atom is 0.220 e. The molecule has 0 spiro atoms. The number of halogens is 1. The first kappa shape index (κ1) is 14.0. The zero-order chi connectivity index (χ0) is 12.7. The van der Waals surface area contributed by atoms with E-state index in [1.807, 2.05) is 38.1 Å². The van der Waals surface area contributed by atoms with Gasteiger partial charge in [-0.05, 0) is 44.5 Å². The summed E-state index contributed by atoms with van der Waals surface area (Å²) in [6.07, 6.45) is 1.24. The van der Waals surface area contributed by atoms with Crippen molar-refractivity contribution in [2.75, 3.05) is 6.61 Å². The average Bonchev–Trinajstić information content (AvgIpc) is 2.26. The molecule has 1 rings (SSSR count). The Kier molecular flexibility index (Phi) is 6.05. The Morgan fingerprint density at radius 1 is 1.35 bits per heavy atom. The molecular formula is C13H18BrNO2. The van der Waals surface area contributed by atoms with Crippen molar-refractivity contribution in [1.29, 1.82) is 0 Å². The second-order valence-electron chi connectivity index (χ2n) is 4.13. The van der Waals surface area contributed by atoms with Crippen LogP contribution in [0.1, 0.15) is 26.7 Å². The third-order valence-corrected chi connectivity index (χ3v) is 2.61. The van der Waals surface area contributed by atoms with Gasteiger partial charge in [-0.15, -0.1) is 0 Å². The normalized spacial score (nSPS) is 10.4. The molecular weight excluding hydrogens is 282 g/mol. The summed E-state index contributed by atoms with van der Waals surface area (Å²) in [6, 6.07) is 7.87. The van der Waals surface area contributed by atoms with Crippen LogP contribution >= 0.6 is 15.9 Å². The number of carbonyl (C=O) groups excluding carboxylic acids is 1. The monoisotopic (exact) mass is 299 g/mol. The molecule has 0 saturated heterocycles. The summed E-state index contributed by atoms with van der Waals surface area (Å²) in [5.74, 6) is 0.914. The topological polar surface area (TPSA) is 38.3 Å². The molecule has 4 heteroatoms. The van der Waals surface area contributed by atoms with Crippen LogP contribution in [0.15, 0.2) is 28.7 Å². The maximum atomic E-state index is 11.3. The van der Waals surface area contributed by atoms with Crippen molar-refractivity contribution in [3.05, 3.63) is 28.7 Å². The summed E-state index contributed by atoms with van der Waals surface area (Å²) in [5.41, 5.74) is 0. The zero-order valence-corrected chi connectivity index (χ0v) is 11.8. The second kappa shape index (κ2) is 7.33. The molecule has 94 valence electrons. The number of rotatable bonds is 6. The van der Waals surface area contributed by atoms with Gasteiger partial charge in [-0.2, -0.15) is 0 Å². The number of amides is 1. The van der Waals surface area contributed by atoms with E-state index in [2.05, 4.69) is 21.2 Å². The van der Waals surface area contributed by atoms with E-state index in [1.165, 1.54) is 0 Å². The standard InChI is InChI=1S/C13H18BrNO2/c1-10(2)15-13(16)4-3-9-17-12-7-5-11(14)6-8-12/h5-8,10H,3-4,9H2,1-2H3,(H,15,16). The Hall–Kier alpha value is -1.03. The Morgan fingerprint density at radius 2 is 2.00 bits per heavy atom. The molecule has 0 aromatic heterocycles. The van der Waals surface area contributed by atoms with Crippen LogP contribution < -0.4 is 10.1 Å². The average molecular weight is 300 g/mol. The van der Waals surface area contributed by atoms with E-state index in [4.69, 9.17) is 4.74 Å². The van der Waals surface area contributed by atoms with Crippen LogP contribution in [0.4, 0.5) is 0 Å². The molecule has 0 heterocycles. The fourth-order valence-electron chi connectivity index (χ4n) is 1.35. The lowest BCUT2D eigenvalue weighted by atomic mass is 10.3. The maximum absolute atomic E-state index is 11.3. The van der Waals surface area contributed by atoms with Crippen molar-refractivity contribution in [3.63, 3.8) is 0 Å². The highest BCUT2D eigenvalue weighted by Gasteiger charge is 2.02. The molecule has 1 amide bonds. The van der Waals surface area contributed by atoms with Gasteiger partial charge in [0.1, 0.15) is 5.75 Å². The van der Waals surface area contributed by atoms with Gasteiger partial charge in [-0.25, -0.2) is 0 Å². The van der Waals surface area contributed by atoms with Crippen molar-refractivity contribution in [1.82, 2.24) is 5.32 Å². The summed E-state index contributed by atoms with van der Waals surface area (Å²) in [4.78, 5) is 11.3. The van der Waals surface area contributed by atoms with E-state index < -0.39 is 0 Å². The molecule has 0 radical (unpaired) electrons. The molecule has 0 saturated carbocycles. The summed E-state index contributed by atoms with van der Waals surface area (Å²) >= 11 is 3.36. The predicted molar refractivity (Wildman–Crippen MR) is 72.1 cm³/mol. The van der Waals surface area contributed by atoms with Crippen LogP contribution in [-0.2, 0) is 4.79 Å². The third-order valence-electron chi connectivity index (χ3n) is 2.08. The number of nitrogens with one attached hydrogen (secondary N) is 1. The van der Waals surface area contributed by atoms with Crippen LogP contribution in [0.25, 0.3) is 0 Å². The predicted octanol–water partition coefficient (Wildman–Crippen LogP) is 3.13. The summed E-state index contributed by atoms with van der Waals surface area (Å²) in [6.45, 7) is 4.47. The lowest BCUT2D eigenvalue weighted by Gasteiger charge is -2.09. The van der Waals surface area contributed by atoms with Crippen LogP contribution in [0, 0.1) is 0 Å². The lowest BCUT2D eigenvalue weighted by Crippen LogP contribution is -2.30. The highest BCUT2D eigenvalue weighted by atomic mass is 79.9. The van der Waals surface area contributed by atoms with E-state index in [1.54, 1.807) is 0 Å². The fourth-order valence-corrected chi connectivity index (χ4v) is 1.61. The van der Waals surface area contributed by atoms with Crippen molar-refractivity contribution < 1.29 is 9.53 Å². The van der Waals surface area contributed by atoms with Crippen LogP contribution in [0.2, 0.25) is 0 Å². The molecule has 0 bridgehead atoms. The summed E-state index contributed by atoms with van der Waals surface area (Å²) < 4.78 is 6.54. The third kappa shape index (κ3) is 6.31. The van der Waals surface area contributed by atoms with Gasteiger partial charge < -0.3 is 10.1 Å². The molecule has 0 unspecified atom stereocenters. The second-order valence-corrected chi connectivity index (χ2v) is 5.04. The van der Waals surface area contributed by atoms with Gasteiger partial charge in [-0.3, -0.25) is 4.79 Å². The van der Waals surface area contributed by atoms with Gasteiger partial charge in [0.2, 0.25) is 5.91 Å². The number of benzene rings is 1. The quantitative estimate of drug-likeness (QED) is 0.820. The number of hydrogen-bond acceptors (Lipinski definition) is 2. The number of hydrogen-bond donors (Lipinski definition) is 1. The molecule has 1 N–H and O–H groups in total. The number of ether oxygens (including phenoxy) is 1. The van der Waals surface area contributed by atoms with Crippen molar-refractivity contribution >= 4 is 21.8 Å². The SMILES string of the molecule is CC(C)NC(=O)CCCOc1ccc(Br)cc1. The van der Waals surface area contributed by atoms with E-state index in [9.17, 15) is 4.79 Å². The van der Waals surface area contributed by atoms with Crippen molar-refractivity contribution in [2.24, 2.45) is 0 Å². The van der Waals surface area contributed by atoms with Crippen LogP contribution in [0.3, 0.4) is 0 Å². The molecule has 1 aromatic rings. The largest absolute Gasteiger partial charge is 0.494 e. The minimum absolute atomic E-state index is 0.0828. The first-order valence-electron chi connectivity index (χ1n) is 5.75. The van der Waals surface area contributed by atoms with Crippen LogP contribution in [0.5, 0.6) is 5.75 Å². The molecule has 0 aliphatic heterocycles. The van der Waals surface area contributed by atoms with Crippen molar-refractivity contribution in [2.45, 2.75) is 32.7 Å². The molecule has 3 nitrogen and oxygen atoms in total. The van der Waals surface area contributed by atoms with E-state index in [0.29, 0.717) is 13.0 Å². The smallest absolute Gasteiger partial charge is 0.220 e. The molecule has 17 heavy (non-hydrogen) atoms. The van der Waals surface area contributed by atoms with Gasteiger partial charge in [0, 0.05) is 16.9 Å². The minimum Gasteiger partial charge on any atom is -0.494 e. The summed E-state index contributed by atoms with van der Waals surface area (Å²) in [5, 5.41) is 2.85. The van der Waals surface area contributed by atoms with Crippen molar-refractivity contribution in [3.8, 4) is 5.75 Å². The molecule has 0 aliphatic carbocycles. The van der Waals surface area contributed by atoms with E-state index in [0.717, 1.165) is 16.6 Å². The van der Waals surface area contributed by atoms with E-state index in [-0.39, 0.29) is 11.9 Å². The lowest BCUT2D eigenvalue weighted by molar-refractivity contribution is -0.121. The van der Waals surface area contributed by atoms with Gasteiger partial charge in [-0.1, -0.05) is 15.9 Å².